The van der Waals surface area contributed by atoms with Crippen molar-refractivity contribution in [1.82, 2.24) is 9.21 Å². The molecule has 140 valence electrons. The summed E-state index contributed by atoms with van der Waals surface area (Å²) in [5.41, 5.74) is 1.31. The molecule has 2 aromatic rings. The molecule has 0 amide bonds. The maximum Gasteiger partial charge on any atom is 0.243 e. The van der Waals surface area contributed by atoms with Gasteiger partial charge in [-0.05, 0) is 50.1 Å². The number of hydrogen-bond donors (Lipinski definition) is 0. The lowest BCUT2D eigenvalue weighted by molar-refractivity contribution is 0.0784. The fourth-order valence-corrected chi connectivity index (χ4v) is 5.33. The second-order valence-electron chi connectivity index (χ2n) is 6.95. The number of piperazine rings is 1. The van der Waals surface area contributed by atoms with Gasteiger partial charge in [0.25, 0.3) is 0 Å². The monoisotopic (exact) mass is 392 g/mol. The number of benzene rings is 2. The standard InChI is InChI=1S/C20H25ClN2O2S/c1-16-14-22(26(24,25)20-10-8-19(21)9-11-20)15-17(2)23(16)13-12-18-6-4-3-5-7-18/h3-11,16-17H,12-15H2,1-2H3. The van der Waals surface area contributed by atoms with Gasteiger partial charge >= 0.3 is 0 Å². The van der Waals surface area contributed by atoms with Crippen molar-refractivity contribution in [2.24, 2.45) is 0 Å². The molecule has 0 bridgehead atoms. The van der Waals surface area contributed by atoms with E-state index in [0.717, 1.165) is 13.0 Å². The summed E-state index contributed by atoms with van der Waals surface area (Å²) in [7, 11) is -3.49. The van der Waals surface area contributed by atoms with E-state index in [2.05, 4.69) is 43.0 Å². The van der Waals surface area contributed by atoms with Crippen LogP contribution >= 0.6 is 11.6 Å². The number of hydrogen-bond acceptors (Lipinski definition) is 3. The van der Waals surface area contributed by atoms with Gasteiger partial charge in [0.2, 0.25) is 10.0 Å². The highest BCUT2D eigenvalue weighted by atomic mass is 35.5. The molecule has 0 saturated carbocycles. The molecule has 2 atom stereocenters. The second kappa shape index (κ2) is 8.09. The summed E-state index contributed by atoms with van der Waals surface area (Å²) in [6.45, 7) is 6.14. The van der Waals surface area contributed by atoms with Gasteiger partial charge in [0.15, 0.2) is 0 Å². The molecule has 1 aliphatic rings. The Morgan fingerprint density at radius 2 is 1.54 bits per heavy atom. The third-order valence-corrected chi connectivity index (χ3v) is 7.12. The minimum Gasteiger partial charge on any atom is -0.295 e. The fraction of sp³-hybridized carbons (Fsp3) is 0.400. The lowest BCUT2D eigenvalue weighted by Crippen LogP contribution is -2.58. The largest absolute Gasteiger partial charge is 0.295 e. The SMILES string of the molecule is CC1CN(S(=O)(=O)c2ccc(Cl)cc2)CC(C)N1CCc1ccccc1. The zero-order valence-electron chi connectivity index (χ0n) is 15.2. The van der Waals surface area contributed by atoms with E-state index in [4.69, 9.17) is 11.6 Å². The van der Waals surface area contributed by atoms with Crippen molar-refractivity contribution < 1.29 is 8.42 Å². The molecule has 1 saturated heterocycles. The van der Waals surface area contributed by atoms with Crippen molar-refractivity contribution in [2.75, 3.05) is 19.6 Å². The van der Waals surface area contributed by atoms with Crippen LogP contribution in [0.1, 0.15) is 19.4 Å². The van der Waals surface area contributed by atoms with E-state index < -0.39 is 10.0 Å². The first-order chi connectivity index (χ1) is 12.4. The first-order valence-electron chi connectivity index (χ1n) is 8.93. The Bertz CT molecular complexity index is 813. The van der Waals surface area contributed by atoms with E-state index in [1.807, 2.05) is 6.07 Å². The normalized spacial score (nSPS) is 22.4. The summed E-state index contributed by atoms with van der Waals surface area (Å²) < 4.78 is 27.5. The summed E-state index contributed by atoms with van der Waals surface area (Å²) in [5, 5.41) is 0.538. The van der Waals surface area contributed by atoms with Crippen LogP contribution in [0.3, 0.4) is 0 Å². The van der Waals surface area contributed by atoms with Gasteiger partial charge in [-0.3, -0.25) is 4.90 Å². The van der Waals surface area contributed by atoms with E-state index in [9.17, 15) is 8.42 Å². The molecule has 2 aromatic carbocycles. The van der Waals surface area contributed by atoms with Crippen molar-refractivity contribution in [3.63, 3.8) is 0 Å². The molecule has 6 heteroatoms. The van der Waals surface area contributed by atoms with E-state index in [1.54, 1.807) is 28.6 Å². The van der Waals surface area contributed by atoms with Crippen molar-refractivity contribution in [2.45, 2.75) is 37.2 Å². The summed E-state index contributed by atoms with van der Waals surface area (Å²) in [4.78, 5) is 2.71. The minimum absolute atomic E-state index is 0.171. The molecule has 0 N–H and O–H groups in total. The predicted molar refractivity (Wildman–Crippen MR) is 106 cm³/mol. The number of rotatable bonds is 5. The molecule has 4 nitrogen and oxygen atoms in total. The van der Waals surface area contributed by atoms with Gasteiger partial charge in [-0.1, -0.05) is 41.9 Å². The van der Waals surface area contributed by atoms with Crippen LogP contribution in [0.25, 0.3) is 0 Å². The Kier molecular flexibility index (Phi) is 6.03. The van der Waals surface area contributed by atoms with Crippen molar-refractivity contribution in [1.29, 1.82) is 0 Å². The maximum atomic E-state index is 12.9. The van der Waals surface area contributed by atoms with E-state index in [0.29, 0.717) is 23.0 Å². The predicted octanol–water partition coefficient (Wildman–Crippen LogP) is 3.67. The zero-order chi connectivity index (χ0) is 18.7. The average Bonchev–Trinajstić information content (AvgIpc) is 2.62. The van der Waals surface area contributed by atoms with Gasteiger partial charge in [0.05, 0.1) is 4.90 Å². The van der Waals surface area contributed by atoms with Crippen molar-refractivity contribution >= 4 is 21.6 Å². The summed E-state index contributed by atoms with van der Waals surface area (Å²) in [6, 6.07) is 17.1. The van der Waals surface area contributed by atoms with E-state index >= 15 is 0 Å². The Labute approximate surface area is 161 Å². The molecular formula is C20H25ClN2O2S. The smallest absolute Gasteiger partial charge is 0.243 e. The van der Waals surface area contributed by atoms with Crippen LogP contribution in [0.5, 0.6) is 0 Å². The van der Waals surface area contributed by atoms with Gasteiger partial charge < -0.3 is 0 Å². The average molecular weight is 393 g/mol. The fourth-order valence-electron chi connectivity index (χ4n) is 3.60. The molecule has 1 aliphatic heterocycles. The first kappa shape index (κ1) is 19.4. The molecule has 3 rings (SSSR count). The number of nitrogens with zero attached hydrogens (tertiary/aromatic N) is 2. The Morgan fingerprint density at radius 3 is 2.12 bits per heavy atom. The molecule has 0 aliphatic carbocycles. The van der Waals surface area contributed by atoms with Crippen LogP contribution in [0, 0.1) is 0 Å². The highest BCUT2D eigenvalue weighted by molar-refractivity contribution is 7.89. The lowest BCUT2D eigenvalue weighted by Gasteiger charge is -2.43. The third-order valence-electron chi connectivity index (χ3n) is 5.02. The van der Waals surface area contributed by atoms with Crippen molar-refractivity contribution in [3.8, 4) is 0 Å². The summed E-state index contributed by atoms with van der Waals surface area (Å²) in [6.07, 6.45) is 0.972. The van der Waals surface area contributed by atoms with E-state index in [1.165, 1.54) is 5.56 Å². The summed E-state index contributed by atoms with van der Waals surface area (Å²) >= 11 is 5.88. The van der Waals surface area contributed by atoms with Crippen molar-refractivity contribution in [3.05, 3.63) is 65.2 Å². The maximum absolute atomic E-state index is 12.9. The topological polar surface area (TPSA) is 40.6 Å². The Hall–Kier alpha value is -1.40. The highest BCUT2D eigenvalue weighted by Gasteiger charge is 2.35. The highest BCUT2D eigenvalue weighted by Crippen LogP contribution is 2.24. The van der Waals surface area contributed by atoms with Crippen LogP contribution in [0.4, 0.5) is 0 Å². The second-order valence-corrected chi connectivity index (χ2v) is 9.32. The number of sulfonamides is 1. The van der Waals surface area contributed by atoms with Crippen LogP contribution in [0.2, 0.25) is 5.02 Å². The molecule has 1 fully saturated rings. The zero-order valence-corrected chi connectivity index (χ0v) is 16.7. The van der Waals surface area contributed by atoms with Crippen LogP contribution in [0.15, 0.2) is 59.5 Å². The van der Waals surface area contributed by atoms with E-state index in [-0.39, 0.29) is 12.1 Å². The summed E-state index contributed by atoms with van der Waals surface area (Å²) in [5.74, 6) is 0. The Balaban J connectivity index is 1.68. The third kappa shape index (κ3) is 4.29. The van der Waals surface area contributed by atoms with Gasteiger partial charge in [-0.15, -0.1) is 0 Å². The minimum atomic E-state index is -3.49. The molecule has 0 spiro atoms. The number of halogens is 1. The van der Waals surface area contributed by atoms with Gasteiger partial charge in [-0.2, -0.15) is 4.31 Å². The molecule has 26 heavy (non-hydrogen) atoms. The van der Waals surface area contributed by atoms with Gasteiger partial charge in [0, 0.05) is 36.7 Å². The molecular weight excluding hydrogens is 368 g/mol. The van der Waals surface area contributed by atoms with Crippen LogP contribution in [-0.4, -0.2) is 49.3 Å². The molecule has 2 unspecified atom stereocenters. The van der Waals surface area contributed by atoms with Crippen LogP contribution in [-0.2, 0) is 16.4 Å². The lowest BCUT2D eigenvalue weighted by atomic mass is 10.1. The molecule has 0 radical (unpaired) electrons. The Morgan fingerprint density at radius 1 is 0.962 bits per heavy atom. The molecule has 0 aromatic heterocycles. The first-order valence-corrected chi connectivity index (χ1v) is 10.7. The van der Waals surface area contributed by atoms with Gasteiger partial charge in [-0.25, -0.2) is 8.42 Å². The van der Waals surface area contributed by atoms with Crippen LogP contribution < -0.4 is 0 Å². The molecule has 1 heterocycles. The quantitative estimate of drug-likeness (QED) is 0.779. The van der Waals surface area contributed by atoms with Gasteiger partial charge in [0.1, 0.15) is 0 Å².